The fourth-order valence-corrected chi connectivity index (χ4v) is 1.89. The van der Waals surface area contributed by atoms with E-state index in [0.29, 0.717) is 24.5 Å². The van der Waals surface area contributed by atoms with Gasteiger partial charge in [-0.05, 0) is 24.6 Å². The first kappa shape index (κ1) is 11.9. The number of hydrogen-bond donors (Lipinski definition) is 1. The fourth-order valence-electron chi connectivity index (χ4n) is 1.89. The second-order valence-electron chi connectivity index (χ2n) is 4.21. The lowest BCUT2D eigenvalue weighted by Gasteiger charge is -2.23. The van der Waals surface area contributed by atoms with Crippen LogP contribution in [0.25, 0.3) is 0 Å². The minimum absolute atomic E-state index is 0.133. The van der Waals surface area contributed by atoms with Crippen molar-refractivity contribution < 1.29 is 19.4 Å². The van der Waals surface area contributed by atoms with E-state index >= 15 is 0 Å². The third kappa shape index (κ3) is 2.97. The van der Waals surface area contributed by atoms with Crippen molar-refractivity contribution in [3.63, 3.8) is 0 Å². The summed E-state index contributed by atoms with van der Waals surface area (Å²) in [5.41, 5.74) is 1.05. The summed E-state index contributed by atoms with van der Waals surface area (Å²) in [4.78, 5) is 11.0. The molecule has 0 saturated carbocycles. The highest BCUT2D eigenvalue weighted by Gasteiger charge is 2.16. The van der Waals surface area contributed by atoms with Crippen LogP contribution in [0.3, 0.4) is 0 Å². The molecule has 92 valence electrons. The molecule has 1 aromatic rings. The maximum Gasteiger partial charge on any atom is 0.336 e. The van der Waals surface area contributed by atoms with Gasteiger partial charge in [-0.25, -0.2) is 4.79 Å². The lowest BCUT2D eigenvalue weighted by molar-refractivity contribution is 0.0254. The number of carbonyl (C=O) groups is 1. The van der Waals surface area contributed by atoms with E-state index in [2.05, 4.69) is 0 Å². The van der Waals surface area contributed by atoms with Crippen LogP contribution in [0.5, 0.6) is 5.75 Å². The highest BCUT2D eigenvalue weighted by molar-refractivity contribution is 5.89. The smallest absolute Gasteiger partial charge is 0.336 e. The maximum absolute atomic E-state index is 11.0. The van der Waals surface area contributed by atoms with E-state index in [4.69, 9.17) is 14.6 Å². The normalized spacial score (nSPS) is 16.8. The average molecular weight is 236 g/mol. The number of rotatable bonds is 3. The Labute approximate surface area is 100 Å². The molecule has 4 heteroatoms. The Kier molecular flexibility index (Phi) is 3.64. The molecule has 0 radical (unpaired) electrons. The van der Waals surface area contributed by atoms with Gasteiger partial charge in [-0.3, -0.25) is 0 Å². The highest BCUT2D eigenvalue weighted by atomic mass is 16.5. The van der Waals surface area contributed by atoms with Gasteiger partial charge in [-0.2, -0.15) is 0 Å². The van der Waals surface area contributed by atoms with Crippen LogP contribution < -0.4 is 4.74 Å². The molecule has 0 aromatic heterocycles. The largest absolute Gasteiger partial charge is 0.490 e. The van der Waals surface area contributed by atoms with Crippen molar-refractivity contribution >= 4 is 5.97 Å². The van der Waals surface area contributed by atoms with Crippen molar-refractivity contribution in [1.29, 1.82) is 0 Å². The maximum atomic E-state index is 11.0. The van der Waals surface area contributed by atoms with E-state index in [1.807, 2.05) is 6.07 Å². The number of aryl methyl sites for hydroxylation is 1. The van der Waals surface area contributed by atoms with Crippen molar-refractivity contribution in [3.8, 4) is 5.75 Å². The van der Waals surface area contributed by atoms with Crippen molar-refractivity contribution in [1.82, 2.24) is 0 Å². The predicted molar refractivity (Wildman–Crippen MR) is 62.6 cm³/mol. The summed E-state index contributed by atoms with van der Waals surface area (Å²) in [6.45, 7) is 3.20. The molecule has 0 atom stereocenters. The summed E-state index contributed by atoms with van der Waals surface area (Å²) in [6, 6.07) is 5.18. The van der Waals surface area contributed by atoms with E-state index in [9.17, 15) is 4.79 Å². The second-order valence-corrected chi connectivity index (χ2v) is 4.21. The number of aromatic carboxylic acids is 1. The Hall–Kier alpha value is -1.55. The van der Waals surface area contributed by atoms with Crippen molar-refractivity contribution in [2.75, 3.05) is 13.2 Å². The molecule has 1 heterocycles. The molecular formula is C13H16O4. The summed E-state index contributed by atoms with van der Waals surface area (Å²) in [5.74, 6) is -0.292. The number of hydrogen-bond acceptors (Lipinski definition) is 3. The molecule has 0 unspecified atom stereocenters. The first-order valence-corrected chi connectivity index (χ1v) is 5.75. The number of carboxylic acids is 1. The summed E-state index contributed by atoms with van der Waals surface area (Å²) in [7, 11) is 0. The number of ether oxygens (including phenoxy) is 2. The molecule has 1 fully saturated rings. The Morgan fingerprint density at radius 1 is 1.41 bits per heavy atom. The summed E-state index contributed by atoms with van der Waals surface area (Å²) in [6.07, 6.45) is 1.85. The fraction of sp³-hybridized carbons (Fsp3) is 0.462. The standard InChI is InChI=1S/C13H16O4/c1-9-2-3-11(8-12(9)13(14)15)17-10-4-6-16-7-5-10/h2-3,8,10H,4-7H2,1H3,(H,14,15). The van der Waals surface area contributed by atoms with Gasteiger partial charge in [0.25, 0.3) is 0 Å². The van der Waals surface area contributed by atoms with Crippen LogP contribution in [0.4, 0.5) is 0 Å². The molecule has 4 nitrogen and oxygen atoms in total. The second kappa shape index (κ2) is 5.19. The molecule has 1 aliphatic rings. The van der Waals surface area contributed by atoms with Crippen LogP contribution in [-0.2, 0) is 4.74 Å². The molecule has 0 amide bonds. The minimum Gasteiger partial charge on any atom is -0.490 e. The minimum atomic E-state index is -0.917. The van der Waals surface area contributed by atoms with E-state index in [-0.39, 0.29) is 6.10 Å². The Bertz CT molecular complexity index is 408. The summed E-state index contributed by atoms with van der Waals surface area (Å²) >= 11 is 0. The molecular weight excluding hydrogens is 220 g/mol. The van der Waals surface area contributed by atoms with Crippen LogP contribution >= 0.6 is 0 Å². The third-order valence-corrected chi connectivity index (χ3v) is 2.91. The monoisotopic (exact) mass is 236 g/mol. The molecule has 17 heavy (non-hydrogen) atoms. The van der Waals surface area contributed by atoms with Gasteiger partial charge in [0.1, 0.15) is 11.9 Å². The van der Waals surface area contributed by atoms with Crippen LogP contribution in [0.2, 0.25) is 0 Å². The number of carboxylic acid groups (broad SMARTS) is 1. The molecule has 1 saturated heterocycles. The van der Waals surface area contributed by atoms with E-state index in [1.165, 1.54) is 0 Å². The lowest BCUT2D eigenvalue weighted by atomic mass is 10.1. The van der Waals surface area contributed by atoms with Crippen molar-refractivity contribution in [2.45, 2.75) is 25.9 Å². The molecule has 0 spiro atoms. The van der Waals surface area contributed by atoms with Crippen LogP contribution in [0, 0.1) is 6.92 Å². The summed E-state index contributed by atoms with van der Waals surface area (Å²) in [5, 5.41) is 9.02. The predicted octanol–water partition coefficient (Wildman–Crippen LogP) is 2.25. The van der Waals surface area contributed by atoms with Crippen molar-refractivity contribution in [3.05, 3.63) is 29.3 Å². The number of benzene rings is 1. The van der Waals surface area contributed by atoms with Gasteiger partial charge in [0.05, 0.1) is 18.8 Å². The Balaban J connectivity index is 2.10. The first-order valence-electron chi connectivity index (χ1n) is 5.75. The van der Waals surface area contributed by atoms with Gasteiger partial charge in [0.15, 0.2) is 0 Å². The molecule has 1 aliphatic heterocycles. The zero-order valence-electron chi connectivity index (χ0n) is 9.81. The molecule has 0 aliphatic carbocycles. The molecule has 0 bridgehead atoms. The van der Waals surface area contributed by atoms with Gasteiger partial charge < -0.3 is 14.6 Å². The van der Waals surface area contributed by atoms with E-state index in [1.54, 1.807) is 19.1 Å². The third-order valence-electron chi connectivity index (χ3n) is 2.91. The topological polar surface area (TPSA) is 55.8 Å². The van der Waals surface area contributed by atoms with Gasteiger partial charge >= 0.3 is 5.97 Å². The van der Waals surface area contributed by atoms with Crippen molar-refractivity contribution in [2.24, 2.45) is 0 Å². The van der Waals surface area contributed by atoms with Gasteiger partial charge in [-0.1, -0.05) is 6.07 Å². The van der Waals surface area contributed by atoms with Crippen LogP contribution in [0.1, 0.15) is 28.8 Å². The zero-order valence-corrected chi connectivity index (χ0v) is 9.81. The van der Waals surface area contributed by atoms with Crippen LogP contribution in [-0.4, -0.2) is 30.4 Å². The average Bonchev–Trinajstić information content (AvgIpc) is 2.32. The summed E-state index contributed by atoms with van der Waals surface area (Å²) < 4.78 is 11.0. The quantitative estimate of drug-likeness (QED) is 0.874. The zero-order chi connectivity index (χ0) is 12.3. The lowest BCUT2D eigenvalue weighted by Crippen LogP contribution is -2.25. The molecule has 2 rings (SSSR count). The Morgan fingerprint density at radius 2 is 2.12 bits per heavy atom. The van der Waals surface area contributed by atoms with E-state index < -0.39 is 5.97 Å². The van der Waals surface area contributed by atoms with Gasteiger partial charge in [0, 0.05) is 12.8 Å². The Morgan fingerprint density at radius 3 is 2.76 bits per heavy atom. The van der Waals surface area contributed by atoms with Crippen LogP contribution in [0.15, 0.2) is 18.2 Å². The molecule has 1 N–H and O–H groups in total. The van der Waals surface area contributed by atoms with Gasteiger partial charge in [-0.15, -0.1) is 0 Å². The SMILES string of the molecule is Cc1ccc(OC2CCOCC2)cc1C(=O)O. The van der Waals surface area contributed by atoms with Gasteiger partial charge in [0.2, 0.25) is 0 Å². The molecule has 1 aromatic carbocycles. The first-order chi connectivity index (χ1) is 8.16. The highest BCUT2D eigenvalue weighted by Crippen LogP contribution is 2.21. The van der Waals surface area contributed by atoms with E-state index in [0.717, 1.165) is 18.4 Å².